The maximum absolute atomic E-state index is 11.9. The smallest absolute Gasteiger partial charge is 0.302 e. The van der Waals surface area contributed by atoms with Crippen molar-refractivity contribution in [2.24, 2.45) is 7.05 Å². The number of nitrogens with zero attached hydrogens (tertiary/aromatic N) is 6. The molecular formula is C17H12N6OS. The number of fused-ring (bicyclic) bond motifs is 1. The van der Waals surface area contributed by atoms with E-state index in [1.54, 1.807) is 34.8 Å². The lowest BCUT2D eigenvalue weighted by molar-refractivity contribution is 0.571. The van der Waals surface area contributed by atoms with Crippen LogP contribution in [0.4, 0.5) is 0 Å². The predicted octanol–water partition coefficient (Wildman–Crippen LogP) is 2.10. The molecule has 0 saturated heterocycles. The number of tetrazole rings is 1. The quantitative estimate of drug-likeness (QED) is 0.565. The number of aryl methyl sites for hydroxylation is 1. The van der Waals surface area contributed by atoms with Crippen LogP contribution in [0.3, 0.4) is 0 Å². The molecule has 0 aliphatic heterocycles. The summed E-state index contributed by atoms with van der Waals surface area (Å²) in [5.74, 6) is 0. The third-order valence-electron chi connectivity index (χ3n) is 4.12. The van der Waals surface area contributed by atoms with Gasteiger partial charge in [0.2, 0.25) is 0 Å². The lowest BCUT2D eigenvalue weighted by Crippen LogP contribution is -2.13. The Hall–Kier alpha value is -3.31. The Morgan fingerprint density at radius 2 is 1.92 bits per heavy atom. The molecule has 25 heavy (non-hydrogen) atoms. The zero-order valence-electron chi connectivity index (χ0n) is 13.2. The zero-order valence-corrected chi connectivity index (χ0v) is 14.0. The minimum absolute atomic E-state index is 0.00416. The molecule has 0 bridgehead atoms. The van der Waals surface area contributed by atoms with Gasteiger partial charge in [0.15, 0.2) is 0 Å². The van der Waals surface area contributed by atoms with E-state index in [0.717, 1.165) is 21.3 Å². The first-order chi connectivity index (χ1) is 12.2. The Morgan fingerprint density at radius 3 is 2.60 bits per heavy atom. The Balaban J connectivity index is 1.89. The van der Waals surface area contributed by atoms with E-state index in [1.807, 2.05) is 30.3 Å². The maximum atomic E-state index is 11.9. The van der Waals surface area contributed by atoms with Gasteiger partial charge in [-0.05, 0) is 45.8 Å². The summed E-state index contributed by atoms with van der Waals surface area (Å²) in [6.45, 7) is 0. The summed E-state index contributed by atoms with van der Waals surface area (Å²) in [4.78, 5) is 11.9. The molecule has 7 nitrogen and oxygen atoms in total. The van der Waals surface area contributed by atoms with Crippen LogP contribution < -0.4 is 4.87 Å². The van der Waals surface area contributed by atoms with Gasteiger partial charge in [0, 0.05) is 7.05 Å². The molecule has 4 rings (SSSR count). The first-order valence-electron chi connectivity index (χ1n) is 7.49. The molecule has 0 radical (unpaired) electrons. The van der Waals surface area contributed by atoms with Crippen LogP contribution >= 0.6 is 11.3 Å². The van der Waals surface area contributed by atoms with E-state index >= 15 is 0 Å². The van der Waals surface area contributed by atoms with Crippen molar-refractivity contribution >= 4 is 21.6 Å². The summed E-state index contributed by atoms with van der Waals surface area (Å²) in [7, 11) is 1.76. The summed E-state index contributed by atoms with van der Waals surface area (Å²) in [5, 5.41) is 20.5. The first-order valence-corrected chi connectivity index (χ1v) is 8.31. The van der Waals surface area contributed by atoms with E-state index in [1.165, 1.54) is 11.3 Å². The molecule has 0 aliphatic carbocycles. The third-order valence-corrected chi connectivity index (χ3v) is 5.11. The second kappa shape index (κ2) is 5.96. The van der Waals surface area contributed by atoms with E-state index in [-0.39, 0.29) is 10.9 Å². The second-order valence-electron chi connectivity index (χ2n) is 5.58. The number of benzene rings is 2. The molecule has 122 valence electrons. The average molecular weight is 348 g/mol. The van der Waals surface area contributed by atoms with Gasteiger partial charge >= 0.3 is 4.87 Å². The van der Waals surface area contributed by atoms with Crippen LogP contribution in [0.2, 0.25) is 0 Å². The zero-order chi connectivity index (χ0) is 17.4. The molecular weight excluding hydrogens is 336 g/mol. The van der Waals surface area contributed by atoms with Crippen LogP contribution in [0.15, 0.2) is 53.6 Å². The molecule has 0 N–H and O–H groups in total. The highest BCUT2D eigenvalue weighted by Gasteiger charge is 2.19. The number of hydrogen-bond donors (Lipinski definition) is 0. The molecule has 4 aromatic rings. The fourth-order valence-corrected chi connectivity index (χ4v) is 3.77. The minimum atomic E-state index is -0.241. The van der Waals surface area contributed by atoms with Crippen LogP contribution in [0.5, 0.6) is 0 Å². The number of rotatable bonds is 3. The van der Waals surface area contributed by atoms with Crippen LogP contribution in [0, 0.1) is 11.3 Å². The van der Waals surface area contributed by atoms with Crippen molar-refractivity contribution in [1.82, 2.24) is 24.8 Å². The van der Waals surface area contributed by atoms with Gasteiger partial charge in [0.05, 0.1) is 21.8 Å². The van der Waals surface area contributed by atoms with Crippen molar-refractivity contribution in [2.75, 3.05) is 0 Å². The topological polar surface area (TPSA) is 89.4 Å². The van der Waals surface area contributed by atoms with Crippen molar-refractivity contribution in [3.05, 3.63) is 75.1 Å². The molecule has 2 aromatic carbocycles. The third kappa shape index (κ3) is 2.60. The molecule has 8 heteroatoms. The molecule has 0 saturated carbocycles. The van der Waals surface area contributed by atoms with E-state index in [9.17, 15) is 4.79 Å². The summed E-state index contributed by atoms with van der Waals surface area (Å²) < 4.78 is 4.21. The molecule has 1 unspecified atom stereocenters. The molecule has 0 fully saturated rings. The second-order valence-corrected chi connectivity index (χ2v) is 6.57. The van der Waals surface area contributed by atoms with Crippen molar-refractivity contribution in [3.8, 4) is 6.07 Å². The average Bonchev–Trinajstić information content (AvgIpc) is 3.25. The summed E-state index contributed by atoms with van der Waals surface area (Å²) in [6.07, 6.45) is 1.56. The number of thiazole rings is 1. The molecule has 0 spiro atoms. The van der Waals surface area contributed by atoms with Gasteiger partial charge in [0.25, 0.3) is 0 Å². The van der Waals surface area contributed by atoms with Crippen LogP contribution in [-0.2, 0) is 7.05 Å². The molecule has 2 heterocycles. The summed E-state index contributed by atoms with van der Waals surface area (Å²) in [6, 6.07) is 15.1. The highest BCUT2D eigenvalue weighted by molar-refractivity contribution is 7.16. The highest BCUT2D eigenvalue weighted by atomic mass is 32.1. The standard InChI is InChI=1S/C17H12N6OS/c1-22-14-7-6-13(8-15(14)25-17(22)24)16(23-10-19-20-21-23)12-4-2-11(9-18)3-5-12/h2-8,10,16H,1H3. The van der Waals surface area contributed by atoms with Crippen molar-refractivity contribution in [3.63, 3.8) is 0 Å². The maximum Gasteiger partial charge on any atom is 0.307 e. The Kier molecular flexibility index (Phi) is 3.63. The molecule has 0 amide bonds. The monoisotopic (exact) mass is 348 g/mol. The fraction of sp³-hybridized carbons (Fsp3) is 0.118. The van der Waals surface area contributed by atoms with Crippen LogP contribution in [0.1, 0.15) is 22.7 Å². The van der Waals surface area contributed by atoms with Gasteiger partial charge in [-0.2, -0.15) is 5.26 Å². The summed E-state index contributed by atoms with van der Waals surface area (Å²) in [5.41, 5.74) is 3.41. The SMILES string of the molecule is Cn1c(=O)sc2cc(C(c3ccc(C#N)cc3)n3cnnn3)ccc21. The lowest BCUT2D eigenvalue weighted by Gasteiger charge is -2.17. The van der Waals surface area contributed by atoms with Crippen molar-refractivity contribution in [1.29, 1.82) is 5.26 Å². The lowest BCUT2D eigenvalue weighted by atomic mass is 9.98. The molecule has 2 aromatic heterocycles. The van der Waals surface area contributed by atoms with Crippen molar-refractivity contribution < 1.29 is 0 Å². The van der Waals surface area contributed by atoms with E-state index in [4.69, 9.17) is 5.26 Å². The van der Waals surface area contributed by atoms with Gasteiger partial charge < -0.3 is 4.57 Å². The largest absolute Gasteiger partial charge is 0.307 e. The van der Waals surface area contributed by atoms with Crippen molar-refractivity contribution in [2.45, 2.75) is 6.04 Å². The van der Waals surface area contributed by atoms with Gasteiger partial charge in [-0.25, -0.2) is 4.68 Å². The Morgan fingerprint density at radius 1 is 1.16 bits per heavy atom. The summed E-state index contributed by atoms with van der Waals surface area (Å²) >= 11 is 1.21. The first kappa shape index (κ1) is 15.2. The normalized spacial score (nSPS) is 12.2. The van der Waals surface area contributed by atoms with Gasteiger partial charge in [-0.1, -0.05) is 29.5 Å². The van der Waals surface area contributed by atoms with E-state index < -0.39 is 0 Å². The molecule has 1 atom stereocenters. The van der Waals surface area contributed by atoms with Crippen LogP contribution in [-0.4, -0.2) is 24.8 Å². The van der Waals surface area contributed by atoms with Gasteiger partial charge in [-0.15, -0.1) is 5.10 Å². The van der Waals surface area contributed by atoms with E-state index in [2.05, 4.69) is 21.6 Å². The minimum Gasteiger partial charge on any atom is -0.302 e. The van der Waals surface area contributed by atoms with E-state index in [0.29, 0.717) is 5.56 Å². The number of aromatic nitrogens is 5. The number of nitriles is 1. The highest BCUT2D eigenvalue weighted by Crippen LogP contribution is 2.29. The predicted molar refractivity (Wildman–Crippen MR) is 93.3 cm³/mol. The fourth-order valence-electron chi connectivity index (χ4n) is 2.85. The van der Waals surface area contributed by atoms with Gasteiger partial charge in [0.1, 0.15) is 12.4 Å². The van der Waals surface area contributed by atoms with Gasteiger partial charge in [-0.3, -0.25) is 4.79 Å². The number of hydrogen-bond acceptors (Lipinski definition) is 6. The Labute approximate surface area is 146 Å². The molecule has 0 aliphatic rings. The Bertz CT molecular complexity index is 1130. The van der Waals surface area contributed by atoms with Crippen LogP contribution in [0.25, 0.3) is 10.2 Å².